The number of nitrogens with zero attached hydrogens (tertiary/aromatic N) is 3. The number of ether oxygens (including phenoxy) is 1. The molecule has 3 aromatic rings. The second-order valence-electron chi connectivity index (χ2n) is 9.99. The Kier molecular flexibility index (Phi) is 6.43. The van der Waals surface area contributed by atoms with Gasteiger partial charge in [0.2, 0.25) is 5.88 Å². The first-order valence-electron chi connectivity index (χ1n) is 12.0. The zero-order valence-electron chi connectivity index (χ0n) is 19.3. The molecule has 1 aromatic heterocycles. The van der Waals surface area contributed by atoms with Crippen molar-refractivity contribution in [1.82, 2.24) is 14.9 Å². The Bertz CT molecular complexity index is 1010. The Morgan fingerprint density at radius 1 is 0.939 bits per heavy atom. The molecule has 0 bridgehead atoms. The Labute approximate surface area is 196 Å². The van der Waals surface area contributed by atoms with Crippen LogP contribution in [0.3, 0.4) is 0 Å². The fourth-order valence-corrected chi connectivity index (χ4v) is 5.69. The van der Waals surface area contributed by atoms with Crippen LogP contribution in [0.25, 0.3) is 0 Å². The van der Waals surface area contributed by atoms with Gasteiger partial charge in [0.05, 0.1) is 23.7 Å². The first kappa shape index (κ1) is 22.1. The molecule has 1 aliphatic heterocycles. The van der Waals surface area contributed by atoms with E-state index in [0.29, 0.717) is 30.2 Å². The first-order chi connectivity index (χ1) is 16.1. The standard InChI is InChI=1S/C28H33N3O2/c1-21(26-15-30-27(16-29-26)33-20-23-10-6-3-7-11-23)17-31-18-24-13-28(32,14-25(24)19-31)12-22-8-4-2-5-9-22/h2-11,15-16,21,24-25,32H,12-14,17-20H2,1H3/t21?,24-,25+,28?. The van der Waals surface area contributed by atoms with Gasteiger partial charge in [-0.05, 0) is 35.8 Å². The molecule has 172 valence electrons. The largest absolute Gasteiger partial charge is 0.472 e. The fraction of sp³-hybridized carbons (Fsp3) is 0.429. The van der Waals surface area contributed by atoms with Gasteiger partial charge in [0.25, 0.3) is 0 Å². The molecule has 5 heteroatoms. The first-order valence-corrected chi connectivity index (χ1v) is 12.0. The van der Waals surface area contributed by atoms with E-state index in [4.69, 9.17) is 4.74 Å². The lowest BCUT2D eigenvalue weighted by atomic mass is 9.91. The van der Waals surface area contributed by atoms with Crippen LogP contribution < -0.4 is 4.74 Å². The van der Waals surface area contributed by atoms with Crippen molar-refractivity contribution in [3.63, 3.8) is 0 Å². The molecule has 1 N–H and O–H groups in total. The molecule has 0 radical (unpaired) electrons. The molecule has 4 atom stereocenters. The number of benzene rings is 2. The Balaban J connectivity index is 1.10. The number of hydrogen-bond donors (Lipinski definition) is 1. The van der Waals surface area contributed by atoms with Crippen molar-refractivity contribution in [3.05, 3.63) is 89.9 Å². The molecule has 2 aliphatic rings. The SMILES string of the molecule is CC(CN1C[C@@H]2CC(O)(Cc3ccccc3)C[C@@H]2C1)c1cnc(OCc2ccccc2)cn1. The smallest absolute Gasteiger partial charge is 0.232 e. The number of rotatable bonds is 8. The summed E-state index contributed by atoms with van der Waals surface area (Å²) in [5.41, 5.74) is 2.81. The van der Waals surface area contributed by atoms with Gasteiger partial charge in [-0.25, -0.2) is 4.98 Å². The predicted octanol–water partition coefficient (Wildman–Crippen LogP) is 4.47. The van der Waals surface area contributed by atoms with Gasteiger partial charge in [-0.2, -0.15) is 0 Å². The topological polar surface area (TPSA) is 58.5 Å². The molecule has 1 saturated heterocycles. The highest BCUT2D eigenvalue weighted by Crippen LogP contribution is 2.45. The van der Waals surface area contributed by atoms with Gasteiger partial charge in [0, 0.05) is 32.0 Å². The van der Waals surface area contributed by atoms with Crippen LogP contribution in [0.1, 0.15) is 42.5 Å². The third-order valence-electron chi connectivity index (χ3n) is 7.23. The molecule has 33 heavy (non-hydrogen) atoms. The lowest BCUT2D eigenvalue weighted by Crippen LogP contribution is -2.33. The van der Waals surface area contributed by atoms with Crippen molar-refractivity contribution in [2.75, 3.05) is 19.6 Å². The van der Waals surface area contributed by atoms with Crippen LogP contribution >= 0.6 is 0 Å². The summed E-state index contributed by atoms with van der Waals surface area (Å²) in [6.07, 6.45) is 6.17. The van der Waals surface area contributed by atoms with E-state index < -0.39 is 5.60 Å². The third kappa shape index (κ3) is 5.43. The van der Waals surface area contributed by atoms with Gasteiger partial charge in [0.15, 0.2) is 0 Å². The predicted molar refractivity (Wildman–Crippen MR) is 129 cm³/mol. The normalized spacial score (nSPS) is 25.6. The van der Waals surface area contributed by atoms with Crippen LogP contribution in [0.5, 0.6) is 5.88 Å². The van der Waals surface area contributed by atoms with E-state index in [0.717, 1.165) is 50.2 Å². The zero-order chi connectivity index (χ0) is 22.7. The Hall–Kier alpha value is -2.76. The van der Waals surface area contributed by atoms with Gasteiger partial charge in [-0.15, -0.1) is 0 Å². The summed E-state index contributed by atoms with van der Waals surface area (Å²) in [5.74, 6) is 2.04. The van der Waals surface area contributed by atoms with Crippen molar-refractivity contribution < 1.29 is 9.84 Å². The van der Waals surface area contributed by atoms with Crippen LogP contribution in [0.2, 0.25) is 0 Å². The van der Waals surface area contributed by atoms with Crippen molar-refractivity contribution >= 4 is 0 Å². The molecular weight excluding hydrogens is 410 g/mol. The highest BCUT2D eigenvalue weighted by Gasteiger charge is 2.48. The minimum Gasteiger partial charge on any atom is -0.472 e. The van der Waals surface area contributed by atoms with Crippen LogP contribution in [0.15, 0.2) is 73.1 Å². The highest BCUT2D eigenvalue weighted by atomic mass is 16.5. The van der Waals surface area contributed by atoms with E-state index in [9.17, 15) is 5.11 Å². The molecule has 0 spiro atoms. The number of fused-ring (bicyclic) bond motifs is 1. The Morgan fingerprint density at radius 2 is 1.58 bits per heavy atom. The van der Waals surface area contributed by atoms with E-state index in [2.05, 4.69) is 46.1 Å². The molecule has 1 saturated carbocycles. The van der Waals surface area contributed by atoms with E-state index in [-0.39, 0.29) is 0 Å². The van der Waals surface area contributed by atoms with Crippen LogP contribution in [0.4, 0.5) is 0 Å². The van der Waals surface area contributed by atoms with Crippen LogP contribution in [-0.4, -0.2) is 45.2 Å². The molecule has 2 aromatic carbocycles. The van der Waals surface area contributed by atoms with Crippen LogP contribution in [0, 0.1) is 11.8 Å². The van der Waals surface area contributed by atoms with Crippen molar-refractivity contribution in [3.8, 4) is 5.88 Å². The number of likely N-dealkylation sites (tertiary alicyclic amines) is 1. The average Bonchev–Trinajstić information content (AvgIpc) is 3.33. The maximum atomic E-state index is 11.2. The van der Waals surface area contributed by atoms with E-state index in [1.165, 1.54) is 5.56 Å². The minimum absolute atomic E-state index is 0.308. The molecule has 2 unspecified atom stereocenters. The Morgan fingerprint density at radius 3 is 2.18 bits per heavy atom. The molecule has 5 nitrogen and oxygen atoms in total. The zero-order valence-corrected chi connectivity index (χ0v) is 19.3. The van der Waals surface area contributed by atoms with Crippen LogP contribution in [-0.2, 0) is 13.0 Å². The van der Waals surface area contributed by atoms with Gasteiger partial charge < -0.3 is 14.7 Å². The summed E-state index contributed by atoms with van der Waals surface area (Å²) in [6, 6.07) is 20.5. The maximum absolute atomic E-state index is 11.2. The van der Waals surface area contributed by atoms with Crippen molar-refractivity contribution in [2.24, 2.45) is 11.8 Å². The molecular formula is C28H33N3O2. The number of aromatic nitrogens is 2. The summed E-state index contributed by atoms with van der Waals surface area (Å²) in [7, 11) is 0. The van der Waals surface area contributed by atoms with E-state index in [1.54, 1.807) is 6.20 Å². The molecule has 0 amide bonds. The van der Waals surface area contributed by atoms with Crippen molar-refractivity contribution in [1.29, 1.82) is 0 Å². The second kappa shape index (κ2) is 9.62. The number of aliphatic hydroxyl groups is 1. The van der Waals surface area contributed by atoms with E-state index in [1.807, 2.05) is 42.6 Å². The fourth-order valence-electron chi connectivity index (χ4n) is 5.69. The number of hydrogen-bond acceptors (Lipinski definition) is 5. The summed E-state index contributed by atoms with van der Waals surface area (Å²) in [4.78, 5) is 11.6. The molecule has 1 aliphatic carbocycles. The van der Waals surface area contributed by atoms with E-state index >= 15 is 0 Å². The second-order valence-corrected chi connectivity index (χ2v) is 9.99. The third-order valence-corrected chi connectivity index (χ3v) is 7.23. The minimum atomic E-state index is -0.546. The van der Waals surface area contributed by atoms with Gasteiger partial charge in [-0.1, -0.05) is 67.6 Å². The summed E-state index contributed by atoms with van der Waals surface area (Å²) < 4.78 is 5.76. The summed E-state index contributed by atoms with van der Waals surface area (Å²) >= 11 is 0. The van der Waals surface area contributed by atoms with Gasteiger partial charge in [0.1, 0.15) is 6.61 Å². The highest BCUT2D eigenvalue weighted by molar-refractivity contribution is 5.19. The molecule has 5 rings (SSSR count). The van der Waals surface area contributed by atoms with Crippen molar-refractivity contribution in [2.45, 2.75) is 44.3 Å². The monoisotopic (exact) mass is 443 g/mol. The average molecular weight is 444 g/mol. The summed E-state index contributed by atoms with van der Waals surface area (Å²) in [5, 5.41) is 11.2. The van der Waals surface area contributed by atoms with Gasteiger partial charge >= 0.3 is 0 Å². The van der Waals surface area contributed by atoms with Gasteiger partial charge in [-0.3, -0.25) is 4.98 Å². The molecule has 2 heterocycles. The lowest BCUT2D eigenvalue weighted by molar-refractivity contribution is 0.0353. The molecule has 2 fully saturated rings. The quantitative estimate of drug-likeness (QED) is 0.556. The lowest BCUT2D eigenvalue weighted by Gasteiger charge is -2.27. The maximum Gasteiger partial charge on any atom is 0.232 e. The summed E-state index contributed by atoms with van der Waals surface area (Å²) in [6.45, 7) is 5.82.